The van der Waals surface area contributed by atoms with E-state index in [-0.39, 0.29) is 36.2 Å². The van der Waals surface area contributed by atoms with Gasteiger partial charge in [-0.3, -0.25) is 9.69 Å². The Morgan fingerprint density at radius 1 is 1.03 bits per heavy atom. The number of anilines is 1. The highest BCUT2D eigenvalue weighted by molar-refractivity contribution is 5.85. The van der Waals surface area contributed by atoms with E-state index in [1.807, 2.05) is 12.1 Å². The van der Waals surface area contributed by atoms with Crippen LogP contribution in [0.3, 0.4) is 0 Å². The smallest absolute Gasteiger partial charge is 0.312 e. The molecular formula is C24H36Cl2N2O3. The lowest BCUT2D eigenvalue weighted by Crippen LogP contribution is -2.47. The minimum Gasteiger partial charge on any atom is -0.495 e. The van der Waals surface area contributed by atoms with Gasteiger partial charge in [-0.15, -0.1) is 24.8 Å². The highest BCUT2D eigenvalue weighted by atomic mass is 35.5. The van der Waals surface area contributed by atoms with Crippen molar-refractivity contribution in [1.29, 1.82) is 0 Å². The van der Waals surface area contributed by atoms with Crippen LogP contribution in [0.15, 0.2) is 24.3 Å². The van der Waals surface area contributed by atoms with Crippen LogP contribution in [0.4, 0.5) is 5.69 Å². The predicted octanol–water partition coefficient (Wildman–Crippen LogP) is 4.42. The van der Waals surface area contributed by atoms with Gasteiger partial charge in [-0.05, 0) is 68.4 Å². The second-order valence-corrected chi connectivity index (χ2v) is 9.69. The average Bonchev–Trinajstić information content (AvgIpc) is 3.16. The van der Waals surface area contributed by atoms with E-state index >= 15 is 0 Å². The zero-order valence-electron chi connectivity index (χ0n) is 18.5. The van der Waals surface area contributed by atoms with Crippen molar-refractivity contribution < 1.29 is 14.3 Å². The van der Waals surface area contributed by atoms with Gasteiger partial charge >= 0.3 is 5.97 Å². The largest absolute Gasteiger partial charge is 0.495 e. The summed E-state index contributed by atoms with van der Waals surface area (Å²) in [7, 11) is 1.73. The van der Waals surface area contributed by atoms with Crippen molar-refractivity contribution >= 4 is 36.5 Å². The predicted molar refractivity (Wildman–Crippen MR) is 128 cm³/mol. The van der Waals surface area contributed by atoms with Crippen molar-refractivity contribution in [1.82, 2.24) is 4.90 Å². The van der Waals surface area contributed by atoms with E-state index in [2.05, 4.69) is 21.9 Å². The number of carbonyl (C=O) groups is 1. The van der Waals surface area contributed by atoms with Gasteiger partial charge in [0.15, 0.2) is 0 Å². The van der Waals surface area contributed by atoms with Gasteiger partial charge in [-0.2, -0.15) is 0 Å². The van der Waals surface area contributed by atoms with Crippen molar-refractivity contribution in [3.05, 3.63) is 24.3 Å². The van der Waals surface area contributed by atoms with Crippen LogP contribution in [-0.4, -0.2) is 57.3 Å². The molecular weight excluding hydrogens is 435 g/mol. The fraction of sp³-hybridized carbons (Fsp3) is 0.708. The maximum Gasteiger partial charge on any atom is 0.312 e. The molecule has 0 N–H and O–H groups in total. The molecule has 0 radical (unpaired) electrons. The number of para-hydroxylation sites is 2. The zero-order chi connectivity index (χ0) is 19.8. The van der Waals surface area contributed by atoms with E-state index < -0.39 is 0 Å². The lowest BCUT2D eigenvalue weighted by atomic mass is 9.75. The third-order valence-electron chi connectivity index (χ3n) is 8.05. The standard InChI is InChI=1S/C24H34N2O3.2ClH/c1-28-22-6-3-2-5-21(22)26-10-8-25(9-11-26)7-4-12-29-23(27)24-16-18-13-19(17-24)15-20(24)14-18;;/h2-3,5-6,18-20H,4,7-17H2,1H3;2*1H/t18-,19?,20?,24?;;/m0../s1. The number of hydrogen-bond acceptors (Lipinski definition) is 5. The molecule has 0 amide bonds. The Labute approximate surface area is 198 Å². The van der Waals surface area contributed by atoms with Crippen molar-refractivity contribution in [3.63, 3.8) is 0 Å². The minimum absolute atomic E-state index is 0. The molecule has 3 unspecified atom stereocenters. The number of esters is 1. The molecule has 4 saturated carbocycles. The quantitative estimate of drug-likeness (QED) is 0.435. The number of rotatable bonds is 7. The Bertz CT molecular complexity index is 740. The van der Waals surface area contributed by atoms with Gasteiger partial charge in [-0.25, -0.2) is 0 Å². The lowest BCUT2D eigenvalue weighted by molar-refractivity contribution is -0.158. The van der Waals surface area contributed by atoms with Gasteiger partial charge < -0.3 is 14.4 Å². The molecule has 0 aromatic heterocycles. The first kappa shape index (κ1) is 24.5. The topological polar surface area (TPSA) is 42.0 Å². The minimum atomic E-state index is -0.0893. The monoisotopic (exact) mass is 470 g/mol. The summed E-state index contributed by atoms with van der Waals surface area (Å²) in [6.45, 7) is 5.69. The number of methoxy groups -OCH3 is 1. The molecule has 7 heteroatoms. The normalized spacial score (nSPS) is 31.1. The third kappa shape index (κ3) is 4.65. The number of benzene rings is 1. The Morgan fingerprint density at radius 3 is 2.39 bits per heavy atom. The van der Waals surface area contributed by atoms with Crippen LogP contribution in [0, 0.1) is 23.2 Å². The van der Waals surface area contributed by atoms with E-state index in [0.29, 0.717) is 12.5 Å². The van der Waals surface area contributed by atoms with Crippen LogP contribution in [0.25, 0.3) is 0 Å². The molecule has 1 aliphatic heterocycles. The van der Waals surface area contributed by atoms with Crippen molar-refractivity contribution in [2.24, 2.45) is 23.2 Å². The van der Waals surface area contributed by atoms with Crippen LogP contribution in [0.1, 0.15) is 38.5 Å². The van der Waals surface area contributed by atoms with Crippen LogP contribution < -0.4 is 9.64 Å². The number of hydrogen-bond donors (Lipinski definition) is 0. The Balaban J connectivity index is 0.00000136. The number of ether oxygens (including phenoxy) is 2. The molecule has 1 aromatic carbocycles. The fourth-order valence-electron chi connectivity index (χ4n) is 6.83. The first-order chi connectivity index (χ1) is 14.2. The summed E-state index contributed by atoms with van der Waals surface area (Å²) in [4.78, 5) is 17.8. The molecule has 31 heavy (non-hydrogen) atoms. The number of halogens is 2. The maximum atomic E-state index is 12.9. The van der Waals surface area contributed by atoms with E-state index in [0.717, 1.165) is 69.6 Å². The van der Waals surface area contributed by atoms with Gasteiger partial charge in [-0.1, -0.05) is 12.1 Å². The maximum absolute atomic E-state index is 12.9. The number of nitrogens with zero attached hydrogens (tertiary/aromatic N) is 2. The van der Waals surface area contributed by atoms with E-state index in [9.17, 15) is 4.79 Å². The van der Waals surface area contributed by atoms with Gasteiger partial charge in [0, 0.05) is 32.7 Å². The average molecular weight is 471 g/mol. The SMILES string of the molecule is COc1ccccc1N1CCN(CCCOC(=O)C23CC4CC2C[C@H](C4)C3)CC1.Cl.Cl. The fourth-order valence-corrected chi connectivity index (χ4v) is 6.83. The summed E-state index contributed by atoms with van der Waals surface area (Å²) >= 11 is 0. The van der Waals surface area contributed by atoms with E-state index in [1.165, 1.54) is 24.9 Å². The van der Waals surface area contributed by atoms with Gasteiger partial charge in [0.25, 0.3) is 0 Å². The molecule has 4 aliphatic carbocycles. The Kier molecular flexibility index (Phi) is 8.04. The molecule has 5 aliphatic rings. The molecule has 1 heterocycles. The molecule has 4 bridgehead atoms. The first-order valence-electron chi connectivity index (χ1n) is 11.5. The molecule has 5 fully saturated rings. The van der Waals surface area contributed by atoms with Gasteiger partial charge in [0.1, 0.15) is 5.75 Å². The summed E-state index contributed by atoms with van der Waals surface area (Å²) in [5.74, 6) is 3.32. The van der Waals surface area contributed by atoms with Crippen LogP contribution in [0.5, 0.6) is 5.75 Å². The number of carbonyl (C=O) groups excluding carboxylic acids is 1. The summed E-state index contributed by atoms with van der Waals surface area (Å²) in [5.41, 5.74) is 1.09. The van der Waals surface area contributed by atoms with Crippen molar-refractivity contribution in [3.8, 4) is 5.75 Å². The summed E-state index contributed by atoms with van der Waals surface area (Å²) in [5, 5.41) is 0. The van der Waals surface area contributed by atoms with Crippen LogP contribution >= 0.6 is 24.8 Å². The highest BCUT2D eigenvalue weighted by Crippen LogP contribution is 2.65. The van der Waals surface area contributed by atoms with Crippen LogP contribution in [0.2, 0.25) is 0 Å². The Morgan fingerprint density at radius 2 is 1.71 bits per heavy atom. The number of piperazine rings is 1. The van der Waals surface area contributed by atoms with Gasteiger partial charge in [0.2, 0.25) is 0 Å². The first-order valence-corrected chi connectivity index (χ1v) is 11.5. The lowest BCUT2D eigenvalue weighted by Gasteiger charge is -2.36. The molecule has 1 aromatic rings. The second kappa shape index (κ2) is 10.2. The molecule has 4 atom stereocenters. The van der Waals surface area contributed by atoms with Gasteiger partial charge in [0.05, 0.1) is 24.8 Å². The van der Waals surface area contributed by atoms with E-state index in [1.54, 1.807) is 7.11 Å². The third-order valence-corrected chi connectivity index (χ3v) is 8.05. The molecule has 5 nitrogen and oxygen atoms in total. The summed E-state index contributed by atoms with van der Waals surface area (Å²) in [6.07, 6.45) is 7.08. The zero-order valence-corrected chi connectivity index (χ0v) is 20.1. The molecule has 6 rings (SSSR count). The Hall–Kier alpha value is -1.17. The summed E-state index contributed by atoms with van der Waals surface area (Å²) in [6, 6.07) is 8.25. The molecule has 174 valence electrons. The second-order valence-electron chi connectivity index (χ2n) is 9.69. The summed E-state index contributed by atoms with van der Waals surface area (Å²) < 4.78 is 11.3. The highest BCUT2D eigenvalue weighted by Gasteiger charge is 2.62. The molecule has 1 saturated heterocycles. The van der Waals surface area contributed by atoms with Crippen molar-refractivity contribution in [2.75, 3.05) is 51.3 Å². The van der Waals surface area contributed by atoms with E-state index in [4.69, 9.17) is 9.47 Å². The molecule has 0 spiro atoms. The van der Waals surface area contributed by atoms with Crippen LogP contribution in [-0.2, 0) is 9.53 Å². The van der Waals surface area contributed by atoms with Crippen molar-refractivity contribution in [2.45, 2.75) is 38.5 Å².